The second kappa shape index (κ2) is 23.3. The van der Waals surface area contributed by atoms with Crippen molar-refractivity contribution in [3.05, 3.63) is 112 Å². The maximum Gasteiger partial charge on any atom is 0.271 e. The van der Waals surface area contributed by atoms with Gasteiger partial charge in [-0.25, -0.2) is 34.9 Å². The number of carbonyl (C=O) groups is 6. The summed E-state index contributed by atoms with van der Waals surface area (Å²) in [6.07, 6.45) is 0.806. The first-order valence-corrected chi connectivity index (χ1v) is 29.5. The van der Waals surface area contributed by atoms with Crippen LogP contribution in [0.2, 0.25) is 0 Å². The van der Waals surface area contributed by atoms with E-state index in [1.165, 1.54) is 56.9 Å². The number of hydrogen-bond donors (Lipinski definition) is 8. The Labute approximate surface area is 468 Å². The lowest BCUT2D eigenvalue weighted by Crippen LogP contribution is -2.51. The van der Waals surface area contributed by atoms with Crippen LogP contribution in [0.5, 0.6) is 5.75 Å². The number of phenols is 1. The third kappa shape index (κ3) is 12.2. The number of benzene rings is 1. The average molecular weight is 1170 g/mol. The summed E-state index contributed by atoms with van der Waals surface area (Å²) in [6, 6.07) is 6.67. The highest BCUT2D eigenvalue weighted by Gasteiger charge is 2.35. The lowest BCUT2D eigenvalue weighted by molar-refractivity contribution is -0.124. The Morgan fingerprint density at radius 2 is 1.36 bits per heavy atom. The number of pyridine rings is 1. The summed E-state index contributed by atoms with van der Waals surface area (Å²) in [4.78, 5) is 117. The molecule has 1 saturated heterocycles. The molecular weight excluding hydrogens is 1120 g/mol. The maximum absolute atomic E-state index is 14.8. The van der Waals surface area contributed by atoms with Crippen molar-refractivity contribution in [1.29, 1.82) is 0 Å². The number of nitrogens with one attached hydrogen (secondary N) is 4. The predicted molar refractivity (Wildman–Crippen MR) is 296 cm³/mol. The van der Waals surface area contributed by atoms with E-state index < -0.39 is 65.6 Å². The third-order valence-electron chi connectivity index (χ3n) is 12.9. The molecule has 2 aliphatic rings. The van der Waals surface area contributed by atoms with E-state index in [2.05, 4.69) is 41.1 Å². The number of primary amides is 2. The molecule has 10 rings (SSSR count). The van der Waals surface area contributed by atoms with Gasteiger partial charge in [0, 0.05) is 56.2 Å². The number of hydrogen-bond acceptors (Lipinski definition) is 22. The zero-order chi connectivity index (χ0) is 54.8. The molecule has 10 N–H and O–H groups in total. The van der Waals surface area contributed by atoms with Crippen molar-refractivity contribution < 1.29 is 39.0 Å². The van der Waals surface area contributed by atoms with Crippen molar-refractivity contribution in [3.63, 3.8) is 0 Å². The molecule has 0 aliphatic carbocycles. The fourth-order valence-electron chi connectivity index (χ4n) is 8.73. The summed E-state index contributed by atoms with van der Waals surface area (Å²) >= 11 is 7.12. The number of phenolic OH excluding ortho intramolecular Hbond substituents is 1. The molecule has 8 aromatic rings. The van der Waals surface area contributed by atoms with Crippen molar-refractivity contribution in [2.75, 3.05) is 19.6 Å². The van der Waals surface area contributed by atoms with Gasteiger partial charge in [-0.1, -0.05) is 19.1 Å². The van der Waals surface area contributed by atoms with Gasteiger partial charge in [0.1, 0.15) is 81.7 Å². The molecule has 28 heteroatoms. The standard InChI is InChI=1S/C50H48N14O8S6/c1-22(35(66)16-64-11-3-4-12-64)38-50-61-34(21-77-50)48-58-30(17-75-48)40-26(9-10-27(55-40)47-59-31(18-76-47)41(52)68)46-60-33(20-74-46)44(71)57-29(14-36(51)67)49-63-39(23(2)78-49)45(72)53-15-37-54-32(19-73-37)43(70)56-28(42(69)62-38)13-24-5-7-25(65)8-6-24/h5-10,17-22,28-29,35,38,65-66H,3-4,11-16H2,1-2H3,(H2,51,67)(H2,52,68)(H,53,72)(H,56,70)(H,57,71)(H,62,69)/t22-,28-,29-,35-,38-/m0/s1. The Morgan fingerprint density at radius 1 is 0.692 bits per heavy atom. The number of rotatable bonds is 10. The summed E-state index contributed by atoms with van der Waals surface area (Å²) in [7, 11) is 0. The van der Waals surface area contributed by atoms with Gasteiger partial charge in [-0.2, -0.15) is 0 Å². The summed E-state index contributed by atoms with van der Waals surface area (Å²) in [6.45, 7) is 5.47. The molecule has 0 unspecified atom stereocenters. The summed E-state index contributed by atoms with van der Waals surface area (Å²) in [5.74, 6) is -4.44. The average Bonchev–Trinajstić information content (AvgIpc) is 4.37. The number of aliphatic hydroxyl groups is 1. The van der Waals surface area contributed by atoms with Crippen LogP contribution in [0.3, 0.4) is 0 Å². The molecule has 5 atom stereocenters. The van der Waals surface area contributed by atoms with E-state index in [4.69, 9.17) is 31.4 Å². The molecule has 7 aromatic heterocycles. The molecule has 0 spiro atoms. The number of aromatic hydroxyl groups is 1. The van der Waals surface area contributed by atoms with Gasteiger partial charge >= 0.3 is 0 Å². The zero-order valence-corrected chi connectivity index (χ0v) is 46.3. The van der Waals surface area contributed by atoms with Crippen LogP contribution in [-0.2, 0) is 22.6 Å². The second-order valence-corrected chi connectivity index (χ2v) is 24.1. The summed E-state index contributed by atoms with van der Waals surface area (Å²) in [5, 5.41) is 44.1. The van der Waals surface area contributed by atoms with Gasteiger partial charge in [0.25, 0.3) is 23.6 Å². The van der Waals surface area contributed by atoms with Crippen LogP contribution in [0, 0.1) is 12.8 Å². The van der Waals surface area contributed by atoms with E-state index in [1.807, 2.05) is 12.3 Å². The smallest absolute Gasteiger partial charge is 0.271 e. The van der Waals surface area contributed by atoms with Crippen molar-refractivity contribution >= 4 is 103 Å². The first-order chi connectivity index (χ1) is 37.5. The molecule has 0 saturated carbocycles. The number of nitrogens with two attached hydrogens (primary N) is 2. The number of amides is 6. The van der Waals surface area contributed by atoms with E-state index in [0.717, 1.165) is 59.9 Å². The van der Waals surface area contributed by atoms with Gasteiger partial charge in [-0.05, 0) is 62.7 Å². The molecule has 0 radical (unpaired) electrons. The molecule has 2 aliphatic heterocycles. The fraction of sp³-hybridized carbons (Fsp3) is 0.300. The second-order valence-electron chi connectivity index (χ2n) is 18.4. The number of carbonyl (C=O) groups excluding carboxylic acids is 6. The van der Waals surface area contributed by atoms with E-state index in [-0.39, 0.29) is 52.9 Å². The van der Waals surface area contributed by atoms with Crippen LogP contribution in [0.25, 0.3) is 43.4 Å². The van der Waals surface area contributed by atoms with Crippen LogP contribution in [0.1, 0.15) is 106 Å². The SMILES string of the molecule is Cc1sc2nc1C(=O)NCc1nc(cs1)C(=O)N[C@@H](Cc1ccc(O)cc1)C(=O)N[C@@H]([C@@H](C)[C@@H](O)CN1CCCC1)c1nc(cs1)-c1nc(cs1)-c1nc(-c3nc(C(N)=O)cs3)ccc1-c1nc(cs1)C(=O)N[C@H]2CC(N)=O. The number of nitrogens with zero attached hydrogens (tertiary/aromatic N) is 8. The van der Waals surface area contributed by atoms with Crippen molar-refractivity contribution in [3.8, 4) is 49.1 Å². The highest BCUT2D eigenvalue weighted by molar-refractivity contribution is 7.15. The van der Waals surface area contributed by atoms with Crippen molar-refractivity contribution in [2.45, 2.75) is 70.3 Å². The van der Waals surface area contributed by atoms with E-state index in [0.29, 0.717) is 70.4 Å². The van der Waals surface area contributed by atoms with Gasteiger partial charge in [0.2, 0.25) is 11.8 Å². The minimum absolute atomic E-state index is 0.00565. The molecule has 6 amide bonds. The number of β-amino-alcohol motifs (C(OH)–C–C–N with tert-alkyl or cyclic N) is 1. The molecule has 402 valence electrons. The normalized spacial score (nSPS) is 18.3. The highest BCUT2D eigenvalue weighted by Crippen LogP contribution is 2.39. The summed E-state index contributed by atoms with van der Waals surface area (Å²) < 4.78 is 0. The van der Waals surface area contributed by atoms with Crippen LogP contribution < -0.4 is 32.7 Å². The van der Waals surface area contributed by atoms with Crippen LogP contribution in [-0.4, -0.2) is 117 Å². The Balaban J connectivity index is 1.05. The van der Waals surface area contributed by atoms with Gasteiger partial charge < -0.3 is 47.8 Å². The van der Waals surface area contributed by atoms with Gasteiger partial charge in [0.05, 0.1) is 36.8 Å². The molecule has 1 fully saturated rings. The number of aryl methyl sites for hydroxylation is 1. The first kappa shape index (κ1) is 54.1. The quantitative estimate of drug-likeness (QED) is 0.0840. The third-order valence-corrected chi connectivity index (χ3v) is 18.4. The minimum atomic E-state index is -1.18. The van der Waals surface area contributed by atoms with Crippen molar-refractivity contribution in [1.82, 2.24) is 61.1 Å². The number of aromatic nitrogens is 7. The molecule has 1 aromatic carbocycles. The highest BCUT2D eigenvalue weighted by atomic mass is 32.1. The zero-order valence-electron chi connectivity index (χ0n) is 41.4. The molecule has 78 heavy (non-hydrogen) atoms. The van der Waals surface area contributed by atoms with Crippen molar-refractivity contribution in [2.24, 2.45) is 17.4 Å². The molecular formula is C50H48N14O8S6. The lowest BCUT2D eigenvalue weighted by Gasteiger charge is -2.31. The Kier molecular flexibility index (Phi) is 16.2. The monoisotopic (exact) mass is 1160 g/mol. The lowest BCUT2D eigenvalue weighted by atomic mass is 9.94. The van der Waals surface area contributed by atoms with E-state index >= 15 is 0 Å². The Morgan fingerprint density at radius 3 is 2.10 bits per heavy atom. The van der Waals surface area contributed by atoms with Crippen LogP contribution in [0.15, 0.2) is 63.3 Å². The van der Waals surface area contributed by atoms with E-state index in [1.54, 1.807) is 41.9 Å². The molecule has 9 heterocycles. The number of aliphatic hydroxyl groups excluding tert-OH is 1. The van der Waals surface area contributed by atoms with Crippen LogP contribution in [0.4, 0.5) is 0 Å². The summed E-state index contributed by atoms with van der Waals surface area (Å²) in [5.41, 5.74) is 14.1. The van der Waals surface area contributed by atoms with Gasteiger partial charge in [-0.15, -0.1) is 68.0 Å². The number of fused-ring (bicyclic) bond motifs is 14. The number of thiazole rings is 6. The number of likely N-dealkylation sites (tertiary alicyclic amines) is 1. The van der Waals surface area contributed by atoms with Gasteiger partial charge in [0.15, 0.2) is 0 Å². The Bertz CT molecular complexity index is 3560. The molecule has 22 nitrogen and oxygen atoms in total. The first-order valence-electron chi connectivity index (χ1n) is 24.3. The minimum Gasteiger partial charge on any atom is -0.508 e. The maximum atomic E-state index is 14.8. The van der Waals surface area contributed by atoms with Crippen LogP contribution >= 0.6 is 68.0 Å². The van der Waals surface area contributed by atoms with Gasteiger partial charge in [-0.3, -0.25) is 28.8 Å². The largest absolute Gasteiger partial charge is 0.508 e. The Hall–Kier alpha value is -7.31. The molecule has 10 bridgehead atoms. The topological polar surface area (TPSA) is 337 Å². The predicted octanol–water partition coefficient (Wildman–Crippen LogP) is 5.48. The fourth-order valence-corrected chi connectivity index (χ4v) is 13.8. The van der Waals surface area contributed by atoms with E-state index in [9.17, 15) is 39.0 Å².